The largest absolute Gasteiger partial charge is 0.394 e. The summed E-state index contributed by atoms with van der Waals surface area (Å²) in [5, 5.41) is 40.5. The molecule has 1 fully saturated rings. The molecule has 0 amide bonds. The molecule has 2 aromatic rings. The highest BCUT2D eigenvalue weighted by atomic mass is 16.6. The highest BCUT2D eigenvalue weighted by Crippen LogP contribution is 2.34. The number of fused-ring (bicyclic) bond motifs is 1. The fourth-order valence-electron chi connectivity index (χ4n) is 2.78. The summed E-state index contributed by atoms with van der Waals surface area (Å²) in [7, 11) is 1.68. The van der Waals surface area contributed by atoms with Gasteiger partial charge in [0, 0.05) is 18.8 Å². The van der Waals surface area contributed by atoms with E-state index >= 15 is 0 Å². The molecule has 10 nitrogen and oxygen atoms in total. The van der Waals surface area contributed by atoms with Crippen molar-refractivity contribution in [1.82, 2.24) is 14.5 Å². The van der Waals surface area contributed by atoms with Gasteiger partial charge in [0.05, 0.1) is 12.0 Å². The van der Waals surface area contributed by atoms with Crippen molar-refractivity contribution in [2.24, 2.45) is 5.73 Å². The zero-order chi connectivity index (χ0) is 16.7. The molecule has 7 N–H and O–H groups in total. The van der Waals surface area contributed by atoms with Crippen LogP contribution in [0.2, 0.25) is 0 Å². The Balaban J connectivity index is 2.18. The van der Waals surface area contributed by atoms with Crippen molar-refractivity contribution < 1.29 is 20.1 Å². The van der Waals surface area contributed by atoms with E-state index in [4.69, 9.17) is 15.9 Å². The quantitative estimate of drug-likeness (QED) is 0.288. The van der Waals surface area contributed by atoms with E-state index in [9.17, 15) is 15.3 Å². The van der Waals surface area contributed by atoms with E-state index in [0.29, 0.717) is 22.4 Å². The zero-order valence-corrected chi connectivity index (χ0v) is 12.3. The number of aromatic nitrogens is 3. The summed E-state index contributed by atoms with van der Waals surface area (Å²) in [6.45, 7) is -0.426. The summed E-state index contributed by atoms with van der Waals surface area (Å²) in [6.07, 6.45) is -1.50. The first kappa shape index (κ1) is 15.6. The molecule has 10 heteroatoms. The molecule has 0 bridgehead atoms. The molecule has 1 aliphatic heterocycles. The van der Waals surface area contributed by atoms with Crippen molar-refractivity contribution in [2.75, 3.05) is 19.0 Å². The number of ether oxygens (including phenoxy) is 1. The Morgan fingerprint density at radius 3 is 2.74 bits per heavy atom. The molecule has 0 aromatic carbocycles. The number of nitrogens with zero attached hydrogens (tertiary/aromatic N) is 3. The van der Waals surface area contributed by atoms with E-state index in [2.05, 4.69) is 15.3 Å². The molecule has 1 saturated heterocycles. The molecule has 0 radical (unpaired) electrons. The summed E-state index contributed by atoms with van der Waals surface area (Å²) < 4.78 is 7.00. The average Bonchev–Trinajstić information content (AvgIpc) is 3.06. The lowest BCUT2D eigenvalue weighted by Gasteiger charge is -2.17. The zero-order valence-electron chi connectivity index (χ0n) is 12.3. The summed E-state index contributed by atoms with van der Waals surface area (Å²) >= 11 is 0. The van der Waals surface area contributed by atoms with Gasteiger partial charge in [0.2, 0.25) is 0 Å². The van der Waals surface area contributed by atoms with Crippen LogP contribution in [0.3, 0.4) is 0 Å². The van der Waals surface area contributed by atoms with Gasteiger partial charge >= 0.3 is 0 Å². The van der Waals surface area contributed by atoms with Gasteiger partial charge in [-0.1, -0.05) is 0 Å². The van der Waals surface area contributed by atoms with E-state index < -0.39 is 31.1 Å². The molecule has 0 unspecified atom stereocenters. The molecule has 0 spiro atoms. The van der Waals surface area contributed by atoms with Crippen LogP contribution in [-0.2, 0) is 4.74 Å². The van der Waals surface area contributed by atoms with Crippen LogP contribution in [0, 0.1) is 5.41 Å². The molecule has 23 heavy (non-hydrogen) atoms. The van der Waals surface area contributed by atoms with Crippen LogP contribution in [0.4, 0.5) is 5.82 Å². The lowest BCUT2D eigenvalue weighted by Crippen LogP contribution is -2.33. The van der Waals surface area contributed by atoms with Gasteiger partial charge in [-0.15, -0.1) is 0 Å². The van der Waals surface area contributed by atoms with Gasteiger partial charge in [-0.05, 0) is 0 Å². The molecule has 1 aliphatic rings. The van der Waals surface area contributed by atoms with Gasteiger partial charge < -0.3 is 35.7 Å². The first-order valence-electron chi connectivity index (χ1n) is 6.99. The highest BCUT2D eigenvalue weighted by Gasteiger charge is 2.44. The average molecular weight is 322 g/mol. The molecule has 0 saturated carbocycles. The molecule has 2 aromatic heterocycles. The van der Waals surface area contributed by atoms with E-state index in [-0.39, 0.29) is 5.84 Å². The molecule has 0 aliphatic carbocycles. The topological polar surface area (TPSA) is 163 Å². The van der Waals surface area contributed by atoms with Crippen molar-refractivity contribution in [1.29, 1.82) is 5.41 Å². The Kier molecular flexibility index (Phi) is 3.90. The predicted molar refractivity (Wildman–Crippen MR) is 81.1 cm³/mol. The van der Waals surface area contributed by atoms with Crippen molar-refractivity contribution in [3.63, 3.8) is 0 Å². The first-order valence-corrected chi connectivity index (χ1v) is 6.99. The summed E-state index contributed by atoms with van der Waals surface area (Å²) in [6, 6.07) is 0. The second kappa shape index (κ2) is 5.74. The van der Waals surface area contributed by atoms with Crippen LogP contribution in [0.5, 0.6) is 0 Å². The van der Waals surface area contributed by atoms with Crippen LogP contribution in [0.15, 0.2) is 12.5 Å². The van der Waals surface area contributed by atoms with Gasteiger partial charge in [0.1, 0.15) is 41.9 Å². The number of anilines is 1. The fraction of sp³-hybridized carbons (Fsp3) is 0.462. The van der Waals surface area contributed by atoms with Crippen molar-refractivity contribution in [3.05, 3.63) is 18.1 Å². The van der Waals surface area contributed by atoms with Crippen LogP contribution >= 0.6 is 0 Å². The fourth-order valence-corrected chi connectivity index (χ4v) is 2.78. The third-order valence-corrected chi connectivity index (χ3v) is 3.93. The van der Waals surface area contributed by atoms with E-state index in [1.807, 2.05) is 0 Å². The number of nitrogen functional groups attached to an aromatic ring is 1. The minimum absolute atomic E-state index is 0.188. The molecule has 3 heterocycles. The maximum Gasteiger partial charge on any atom is 0.164 e. The number of hydrogen-bond donors (Lipinski definition) is 6. The standard InChI is InChI=1S/C13H18N6O4/c1-16-11-7-5(10(14)15)2-19(12(7)18-4-17-11)13-9(22)8(21)6(3-20)23-13/h2,4,6,8-9,13,20-22H,3H2,1H3,(H3,14,15)(H,16,17,18)/t6-,8-,9-,13-/m1/s1. The van der Waals surface area contributed by atoms with Crippen LogP contribution < -0.4 is 11.1 Å². The van der Waals surface area contributed by atoms with Gasteiger partial charge in [-0.2, -0.15) is 0 Å². The maximum absolute atomic E-state index is 10.2. The lowest BCUT2D eigenvalue weighted by molar-refractivity contribution is -0.0508. The third kappa shape index (κ3) is 2.32. The molecular formula is C13H18N6O4. The molecule has 4 atom stereocenters. The normalized spacial score (nSPS) is 27.5. The van der Waals surface area contributed by atoms with E-state index in [0.717, 1.165) is 0 Å². The van der Waals surface area contributed by atoms with Crippen molar-refractivity contribution in [2.45, 2.75) is 24.5 Å². The van der Waals surface area contributed by atoms with E-state index in [1.54, 1.807) is 7.05 Å². The summed E-state index contributed by atoms with van der Waals surface area (Å²) in [4.78, 5) is 8.27. The summed E-state index contributed by atoms with van der Waals surface area (Å²) in [5.41, 5.74) is 6.40. The number of hydrogen-bond acceptors (Lipinski definition) is 8. The summed E-state index contributed by atoms with van der Waals surface area (Å²) in [5.74, 6) is 0.289. The third-order valence-electron chi connectivity index (χ3n) is 3.93. The monoisotopic (exact) mass is 322 g/mol. The molecule has 124 valence electrons. The van der Waals surface area contributed by atoms with Gasteiger partial charge in [0.15, 0.2) is 6.23 Å². The second-order valence-electron chi connectivity index (χ2n) is 5.26. The Hall–Kier alpha value is -2.27. The number of nitrogens with one attached hydrogen (secondary N) is 2. The van der Waals surface area contributed by atoms with Crippen molar-refractivity contribution >= 4 is 22.7 Å². The van der Waals surface area contributed by atoms with Gasteiger partial charge in [0.25, 0.3) is 0 Å². The Morgan fingerprint density at radius 2 is 2.17 bits per heavy atom. The van der Waals surface area contributed by atoms with Crippen LogP contribution in [0.25, 0.3) is 11.0 Å². The number of rotatable bonds is 4. The maximum atomic E-state index is 10.2. The minimum Gasteiger partial charge on any atom is -0.394 e. The van der Waals surface area contributed by atoms with Crippen molar-refractivity contribution in [3.8, 4) is 0 Å². The number of nitrogens with two attached hydrogens (primary N) is 1. The Labute approximate surface area is 131 Å². The smallest absolute Gasteiger partial charge is 0.164 e. The number of aliphatic hydroxyl groups is 3. The van der Waals surface area contributed by atoms with Gasteiger partial charge in [-0.25, -0.2) is 9.97 Å². The number of aliphatic hydroxyl groups excluding tert-OH is 3. The van der Waals surface area contributed by atoms with Gasteiger partial charge in [-0.3, -0.25) is 5.41 Å². The SMILES string of the molecule is CNc1ncnc2c1c(C(=N)N)cn2[C@@H]1O[C@H](CO)[C@@H](O)[C@H]1O. The van der Waals surface area contributed by atoms with Crippen LogP contribution in [0.1, 0.15) is 11.8 Å². The lowest BCUT2D eigenvalue weighted by atomic mass is 10.1. The first-order chi connectivity index (χ1) is 11.0. The highest BCUT2D eigenvalue weighted by molar-refractivity contribution is 6.10. The number of amidine groups is 1. The minimum atomic E-state index is -1.25. The molecular weight excluding hydrogens is 304 g/mol. The Bertz CT molecular complexity index is 747. The molecule has 3 rings (SSSR count). The van der Waals surface area contributed by atoms with Crippen LogP contribution in [-0.4, -0.2) is 67.7 Å². The second-order valence-corrected chi connectivity index (χ2v) is 5.26. The van der Waals surface area contributed by atoms with E-state index in [1.165, 1.54) is 17.1 Å². The predicted octanol–water partition coefficient (Wildman–Crippen LogP) is -1.63. The Morgan fingerprint density at radius 1 is 1.43 bits per heavy atom.